The number of rotatable bonds is 5. The first-order chi connectivity index (χ1) is 11.5. The standard InChI is InChI=1S/C15H12N4O4S/c1-8(20)10-4-5-11(24-10)15(22)17-7-12-18-13(19-23-12)9-3-2-6-16-14(9)21/h2-6,9H,7H2,1H3,(H,17,22). The van der Waals surface area contributed by atoms with Crippen molar-refractivity contribution in [3.63, 3.8) is 0 Å². The summed E-state index contributed by atoms with van der Waals surface area (Å²) in [6.07, 6.45) is 4.65. The molecule has 9 heteroatoms. The number of allylic oxidation sites excluding steroid dienone is 1. The van der Waals surface area contributed by atoms with Gasteiger partial charge in [0.15, 0.2) is 11.6 Å². The van der Waals surface area contributed by atoms with Crippen molar-refractivity contribution in [2.45, 2.75) is 19.4 Å². The monoisotopic (exact) mass is 344 g/mol. The van der Waals surface area contributed by atoms with E-state index in [1.54, 1.807) is 24.3 Å². The molecule has 0 spiro atoms. The molecule has 0 fully saturated rings. The van der Waals surface area contributed by atoms with E-state index in [0.29, 0.717) is 9.75 Å². The van der Waals surface area contributed by atoms with Crippen LogP contribution in [0.5, 0.6) is 0 Å². The van der Waals surface area contributed by atoms with E-state index in [2.05, 4.69) is 20.4 Å². The molecule has 0 bridgehead atoms. The lowest BCUT2D eigenvalue weighted by molar-refractivity contribution is -0.118. The molecule has 0 radical (unpaired) electrons. The summed E-state index contributed by atoms with van der Waals surface area (Å²) in [6.45, 7) is 1.46. The fourth-order valence-electron chi connectivity index (χ4n) is 1.99. The second-order valence-corrected chi connectivity index (χ2v) is 6.01. The Morgan fingerprint density at radius 1 is 1.33 bits per heavy atom. The van der Waals surface area contributed by atoms with Crippen molar-refractivity contribution in [2.24, 2.45) is 4.99 Å². The number of ketones is 1. The Kier molecular flexibility index (Phi) is 4.43. The van der Waals surface area contributed by atoms with Gasteiger partial charge in [0.25, 0.3) is 11.8 Å². The van der Waals surface area contributed by atoms with Crippen LogP contribution in [0.4, 0.5) is 0 Å². The summed E-state index contributed by atoms with van der Waals surface area (Å²) in [5.74, 6) is -1.09. The lowest BCUT2D eigenvalue weighted by Gasteiger charge is -2.04. The Morgan fingerprint density at radius 2 is 2.12 bits per heavy atom. The summed E-state index contributed by atoms with van der Waals surface area (Å²) in [7, 11) is 0. The highest BCUT2D eigenvalue weighted by molar-refractivity contribution is 7.15. The highest BCUT2D eigenvalue weighted by Crippen LogP contribution is 2.19. The van der Waals surface area contributed by atoms with Crippen LogP contribution in [0, 0.1) is 0 Å². The van der Waals surface area contributed by atoms with E-state index < -0.39 is 5.92 Å². The van der Waals surface area contributed by atoms with Gasteiger partial charge in [0.1, 0.15) is 5.92 Å². The molecular formula is C15H12N4O4S. The van der Waals surface area contributed by atoms with Gasteiger partial charge in [0.05, 0.1) is 16.3 Å². The van der Waals surface area contributed by atoms with E-state index in [4.69, 9.17) is 4.52 Å². The molecule has 0 aromatic carbocycles. The number of amides is 2. The highest BCUT2D eigenvalue weighted by atomic mass is 32.1. The number of nitrogens with one attached hydrogen (secondary N) is 1. The van der Waals surface area contributed by atoms with Gasteiger partial charge in [-0.3, -0.25) is 14.4 Å². The van der Waals surface area contributed by atoms with Crippen LogP contribution in [-0.2, 0) is 11.3 Å². The zero-order valence-corrected chi connectivity index (χ0v) is 13.4. The molecule has 2 aromatic heterocycles. The lowest BCUT2D eigenvalue weighted by Crippen LogP contribution is -2.22. The maximum atomic E-state index is 12.0. The van der Waals surface area contributed by atoms with Gasteiger partial charge in [-0.2, -0.15) is 4.98 Å². The van der Waals surface area contributed by atoms with Crippen LogP contribution in [0.25, 0.3) is 0 Å². The summed E-state index contributed by atoms with van der Waals surface area (Å²) in [4.78, 5) is 43.6. The van der Waals surface area contributed by atoms with Gasteiger partial charge in [-0.15, -0.1) is 11.3 Å². The molecule has 1 N–H and O–H groups in total. The van der Waals surface area contributed by atoms with Gasteiger partial charge in [-0.1, -0.05) is 11.2 Å². The third-order valence-electron chi connectivity index (χ3n) is 3.20. The van der Waals surface area contributed by atoms with Crippen LogP contribution in [0.15, 0.2) is 33.8 Å². The lowest BCUT2D eigenvalue weighted by atomic mass is 10.1. The molecule has 1 atom stereocenters. The largest absolute Gasteiger partial charge is 0.342 e. The van der Waals surface area contributed by atoms with Crippen LogP contribution < -0.4 is 5.32 Å². The molecule has 0 saturated heterocycles. The minimum absolute atomic E-state index is 0.0209. The minimum Gasteiger partial charge on any atom is -0.342 e. The zero-order chi connectivity index (χ0) is 17.1. The Labute approximate surface area is 140 Å². The third kappa shape index (κ3) is 3.35. The Morgan fingerprint density at radius 3 is 2.83 bits per heavy atom. The molecule has 0 saturated carbocycles. The number of Topliss-reactive ketones (excluding diaryl/α,β-unsaturated/α-hetero) is 1. The number of hydrogen-bond acceptors (Lipinski definition) is 7. The van der Waals surface area contributed by atoms with Crippen LogP contribution in [-0.4, -0.2) is 34.0 Å². The van der Waals surface area contributed by atoms with Gasteiger partial charge < -0.3 is 9.84 Å². The first-order valence-corrected chi connectivity index (χ1v) is 7.82. The molecule has 2 aromatic rings. The second-order valence-electron chi connectivity index (χ2n) is 4.93. The average molecular weight is 344 g/mol. The van der Waals surface area contributed by atoms with E-state index >= 15 is 0 Å². The molecule has 122 valence electrons. The predicted molar refractivity (Wildman–Crippen MR) is 85.2 cm³/mol. The van der Waals surface area contributed by atoms with Crippen molar-refractivity contribution in [3.05, 3.63) is 45.8 Å². The van der Waals surface area contributed by atoms with E-state index in [0.717, 1.165) is 11.3 Å². The van der Waals surface area contributed by atoms with Crippen LogP contribution in [0.3, 0.4) is 0 Å². The molecule has 1 unspecified atom stereocenters. The zero-order valence-electron chi connectivity index (χ0n) is 12.6. The van der Waals surface area contributed by atoms with Crippen molar-refractivity contribution in [1.82, 2.24) is 15.5 Å². The fraction of sp³-hybridized carbons (Fsp3) is 0.200. The highest BCUT2D eigenvalue weighted by Gasteiger charge is 2.24. The maximum Gasteiger partial charge on any atom is 0.261 e. The topological polar surface area (TPSA) is 115 Å². The smallest absolute Gasteiger partial charge is 0.261 e. The fourth-order valence-corrected chi connectivity index (χ4v) is 2.81. The third-order valence-corrected chi connectivity index (χ3v) is 4.38. The molecule has 1 aliphatic rings. The van der Waals surface area contributed by atoms with Gasteiger partial charge in [0, 0.05) is 6.21 Å². The first-order valence-electron chi connectivity index (χ1n) is 7.01. The van der Waals surface area contributed by atoms with Gasteiger partial charge in [0.2, 0.25) is 5.89 Å². The molecule has 0 aliphatic carbocycles. The van der Waals surface area contributed by atoms with Crippen LogP contribution in [0.2, 0.25) is 0 Å². The maximum absolute atomic E-state index is 12.0. The van der Waals surface area contributed by atoms with E-state index in [1.807, 2.05) is 0 Å². The number of nitrogens with zero attached hydrogens (tertiary/aromatic N) is 3. The van der Waals surface area contributed by atoms with Crippen molar-refractivity contribution < 1.29 is 18.9 Å². The summed E-state index contributed by atoms with van der Waals surface area (Å²) in [6, 6.07) is 3.19. The molecule has 1 aliphatic heterocycles. The SMILES string of the molecule is CC(=O)c1ccc(C(=O)NCc2nc(C3C=CC=NC3=O)no2)s1. The van der Waals surface area contributed by atoms with Crippen LogP contribution >= 0.6 is 11.3 Å². The second kappa shape index (κ2) is 6.67. The van der Waals surface area contributed by atoms with E-state index in [-0.39, 0.29) is 35.9 Å². The molecule has 8 nitrogen and oxygen atoms in total. The number of carbonyl (C=O) groups excluding carboxylic acids is 3. The number of hydrogen-bond donors (Lipinski definition) is 1. The normalized spacial score (nSPS) is 16.4. The summed E-state index contributed by atoms with van der Waals surface area (Å²) >= 11 is 1.11. The van der Waals surface area contributed by atoms with Crippen molar-refractivity contribution in [1.29, 1.82) is 0 Å². The van der Waals surface area contributed by atoms with Crippen molar-refractivity contribution >= 4 is 35.1 Å². The average Bonchev–Trinajstić information content (AvgIpc) is 3.22. The number of dihydropyridines is 1. The van der Waals surface area contributed by atoms with Crippen LogP contribution in [0.1, 0.15) is 43.9 Å². The molecule has 24 heavy (non-hydrogen) atoms. The molecule has 3 heterocycles. The first kappa shape index (κ1) is 15.9. The number of thiophene rings is 1. The quantitative estimate of drug-likeness (QED) is 0.822. The minimum atomic E-state index is -0.668. The Balaban J connectivity index is 1.61. The molecular weight excluding hydrogens is 332 g/mol. The number of aromatic nitrogens is 2. The summed E-state index contributed by atoms with van der Waals surface area (Å²) < 4.78 is 5.03. The van der Waals surface area contributed by atoms with Gasteiger partial charge in [-0.25, -0.2) is 4.99 Å². The Bertz CT molecular complexity index is 864. The van der Waals surface area contributed by atoms with Gasteiger partial charge in [-0.05, 0) is 25.1 Å². The van der Waals surface area contributed by atoms with Crippen molar-refractivity contribution in [3.8, 4) is 0 Å². The Hall–Kier alpha value is -2.94. The van der Waals surface area contributed by atoms with E-state index in [1.165, 1.54) is 13.1 Å². The number of aliphatic imine (C=N–C) groups is 1. The molecule has 3 rings (SSSR count). The van der Waals surface area contributed by atoms with Gasteiger partial charge >= 0.3 is 0 Å². The molecule has 2 amide bonds. The summed E-state index contributed by atoms with van der Waals surface area (Å²) in [5, 5.41) is 6.37. The number of carbonyl (C=O) groups is 3. The van der Waals surface area contributed by atoms with E-state index in [9.17, 15) is 14.4 Å². The predicted octanol–water partition coefficient (Wildman–Crippen LogP) is 1.51. The van der Waals surface area contributed by atoms with Crippen molar-refractivity contribution in [2.75, 3.05) is 0 Å². The summed E-state index contributed by atoms with van der Waals surface area (Å²) in [5.41, 5.74) is 0.